The van der Waals surface area contributed by atoms with Crippen molar-refractivity contribution in [1.82, 2.24) is 9.78 Å². The normalized spacial score (nSPS) is 12.9. The van der Waals surface area contributed by atoms with Gasteiger partial charge in [-0.25, -0.2) is 13.6 Å². The summed E-state index contributed by atoms with van der Waals surface area (Å²) in [6, 6.07) is 14.2. The Morgan fingerprint density at radius 2 is 1.54 bits per heavy atom. The van der Waals surface area contributed by atoms with Gasteiger partial charge in [-0.15, -0.1) is 0 Å². The predicted molar refractivity (Wildman–Crippen MR) is 116 cm³/mol. The second kappa shape index (κ2) is 7.99. The molecule has 0 aliphatic carbocycles. The molecular weight excluding hydrogens is 467 g/mol. The van der Waals surface area contributed by atoms with Gasteiger partial charge >= 0.3 is 12.2 Å². The van der Waals surface area contributed by atoms with Gasteiger partial charge in [0, 0.05) is 28.3 Å². The van der Waals surface area contributed by atoms with Crippen molar-refractivity contribution in [1.29, 1.82) is 5.26 Å². The first-order chi connectivity index (χ1) is 16.7. The summed E-state index contributed by atoms with van der Waals surface area (Å²) >= 11 is 0. The molecule has 10 heteroatoms. The molecule has 0 N–H and O–H groups in total. The van der Waals surface area contributed by atoms with Crippen LogP contribution in [0, 0.1) is 23.0 Å². The first kappa shape index (κ1) is 22.2. The van der Waals surface area contributed by atoms with Crippen molar-refractivity contribution >= 4 is 11.7 Å². The molecule has 2 heterocycles. The monoisotopic (exact) mass is 478 g/mol. The molecule has 0 unspecified atom stereocenters. The third-order valence-electron chi connectivity index (χ3n) is 5.47. The van der Waals surface area contributed by atoms with E-state index in [0.717, 1.165) is 41.1 Å². The molecular formula is C25H11F5N4O. The molecule has 5 rings (SSSR count). The number of fused-ring (bicyclic) bond motifs is 1. The van der Waals surface area contributed by atoms with Gasteiger partial charge in [0.25, 0.3) is 0 Å². The Labute approximate surface area is 194 Å². The highest BCUT2D eigenvalue weighted by atomic mass is 19.4. The third kappa shape index (κ3) is 3.77. The van der Waals surface area contributed by atoms with Crippen molar-refractivity contribution in [3.63, 3.8) is 0 Å². The molecule has 0 bridgehead atoms. The average Bonchev–Trinajstić information content (AvgIpc) is 3.37. The first-order valence-electron chi connectivity index (χ1n) is 10.1. The molecule has 0 radical (unpaired) electrons. The van der Waals surface area contributed by atoms with E-state index >= 15 is 0 Å². The molecule has 0 saturated carbocycles. The van der Waals surface area contributed by atoms with Gasteiger partial charge < -0.3 is 0 Å². The lowest BCUT2D eigenvalue weighted by atomic mass is 9.94. The van der Waals surface area contributed by atoms with Crippen molar-refractivity contribution in [3.05, 3.63) is 101 Å². The fourth-order valence-corrected chi connectivity index (χ4v) is 3.84. The number of hydrogen-bond acceptors (Lipinski definition) is 3. The smallest absolute Gasteiger partial charge is 0.244 e. The zero-order valence-electron chi connectivity index (χ0n) is 17.4. The molecule has 0 saturated heterocycles. The Morgan fingerprint density at radius 3 is 2.14 bits per heavy atom. The van der Waals surface area contributed by atoms with E-state index in [0.29, 0.717) is 17.2 Å². The first-order valence-corrected chi connectivity index (χ1v) is 10.1. The molecule has 0 fully saturated rings. The minimum Gasteiger partial charge on any atom is -0.244 e. The summed E-state index contributed by atoms with van der Waals surface area (Å²) in [6.45, 7) is 0. The summed E-state index contributed by atoms with van der Waals surface area (Å²) in [6.07, 6.45) is -4.56. The van der Waals surface area contributed by atoms with E-state index in [1.165, 1.54) is 12.1 Å². The Kier molecular flexibility index (Phi) is 5.06. The van der Waals surface area contributed by atoms with E-state index in [2.05, 4.69) is 10.1 Å². The lowest BCUT2D eigenvalue weighted by molar-refractivity contribution is -0.137. The number of aromatic nitrogens is 2. The van der Waals surface area contributed by atoms with E-state index in [4.69, 9.17) is 5.26 Å². The quantitative estimate of drug-likeness (QED) is 0.329. The van der Waals surface area contributed by atoms with Crippen molar-refractivity contribution in [2.45, 2.75) is 6.18 Å². The topological polar surface area (TPSA) is 71.0 Å². The molecule has 0 spiro atoms. The largest absolute Gasteiger partial charge is 0.416 e. The number of halogens is 5. The summed E-state index contributed by atoms with van der Waals surface area (Å²) < 4.78 is 68.7. The van der Waals surface area contributed by atoms with E-state index in [-0.39, 0.29) is 33.8 Å². The van der Waals surface area contributed by atoms with Crippen LogP contribution in [-0.4, -0.2) is 21.5 Å². The van der Waals surface area contributed by atoms with Gasteiger partial charge in [0.1, 0.15) is 28.7 Å². The van der Waals surface area contributed by atoms with Gasteiger partial charge in [-0.2, -0.15) is 33.2 Å². The maximum Gasteiger partial charge on any atom is 0.416 e. The lowest BCUT2D eigenvalue weighted by Crippen LogP contribution is -2.07. The van der Waals surface area contributed by atoms with Crippen LogP contribution in [0.2, 0.25) is 0 Å². The Hall–Kier alpha value is -4.65. The zero-order valence-corrected chi connectivity index (χ0v) is 17.4. The molecule has 3 aromatic carbocycles. The molecule has 1 amide bonds. The Balaban J connectivity index is 1.76. The van der Waals surface area contributed by atoms with Gasteiger partial charge in [-0.05, 0) is 36.4 Å². The molecule has 172 valence electrons. The van der Waals surface area contributed by atoms with Gasteiger partial charge in [0.15, 0.2) is 0 Å². The van der Waals surface area contributed by atoms with Crippen molar-refractivity contribution in [3.8, 4) is 28.5 Å². The standard InChI is InChI=1S/C25H11F5N4O/c26-17-9-10-18(19(27)11-17)20-21(14-5-7-16(8-6-14)25(28,29)30)33-34-23(20)22(32-24(34)35)15-3-1-13(12-31)2-4-15/h1-11H. The van der Waals surface area contributed by atoms with Crippen LogP contribution in [0.15, 0.2) is 71.7 Å². The van der Waals surface area contributed by atoms with Crippen LogP contribution < -0.4 is 0 Å². The van der Waals surface area contributed by atoms with Crippen LogP contribution in [0.5, 0.6) is 0 Å². The maximum atomic E-state index is 14.9. The van der Waals surface area contributed by atoms with Crippen LogP contribution in [0.4, 0.5) is 26.7 Å². The summed E-state index contributed by atoms with van der Waals surface area (Å²) in [5.74, 6) is -1.78. The second-order valence-electron chi connectivity index (χ2n) is 7.62. The molecule has 5 nitrogen and oxygen atoms in total. The number of hydrogen-bond donors (Lipinski definition) is 0. The van der Waals surface area contributed by atoms with Crippen LogP contribution in [0.1, 0.15) is 22.4 Å². The number of rotatable bonds is 3. The minimum absolute atomic E-state index is 0.0219. The number of nitriles is 1. The Bertz CT molecular complexity index is 1560. The third-order valence-corrected chi connectivity index (χ3v) is 5.47. The molecule has 1 aromatic heterocycles. The summed E-state index contributed by atoms with van der Waals surface area (Å²) in [7, 11) is 0. The number of nitrogens with zero attached hydrogens (tertiary/aromatic N) is 4. The van der Waals surface area contributed by atoms with Gasteiger partial charge in [0.2, 0.25) is 0 Å². The lowest BCUT2D eigenvalue weighted by Gasteiger charge is -2.10. The number of amides is 1. The highest BCUT2D eigenvalue weighted by molar-refractivity contribution is 6.24. The van der Waals surface area contributed by atoms with Crippen molar-refractivity contribution < 1.29 is 26.7 Å². The number of alkyl halides is 3. The predicted octanol–water partition coefficient (Wildman–Crippen LogP) is 6.20. The average molecular weight is 478 g/mol. The summed E-state index contributed by atoms with van der Waals surface area (Å²) in [5.41, 5.74) is 0.289. The van der Waals surface area contributed by atoms with E-state index in [1.54, 1.807) is 12.1 Å². The van der Waals surface area contributed by atoms with Crippen molar-refractivity contribution in [2.75, 3.05) is 0 Å². The molecule has 1 aliphatic rings. The van der Waals surface area contributed by atoms with Gasteiger partial charge in [0.05, 0.1) is 17.2 Å². The minimum atomic E-state index is -4.56. The van der Waals surface area contributed by atoms with E-state index < -0.39 is 29.4 Å². The summed E-state index contributed by atoms with van der Waals surface area (Å²) in [4.78, 5) is 16.7. The fraction of sp³-hybridized carbons (Fsp3) is 0.0400. The highest BCUT2D eigenvalue weighted by Crippen LogP contribution is 2.40. The van der Waals surface area contributed by atoms with Crippen molar-refractivity contribution in [2.24, 2.45) is 4.99 Å². The number of carbonyl (C=O) groups is 1. The molecule has 4 aromatic rings. The Morgan fingerprint density at radius 1 is 0.886 bits per heavy atom. The van der Waals surface area contributed by atoms with Crippen LogP contribution >= 0.6 is 0 Å². The maximum absolute atomic E-state index is 14.9. The van der Waals surface area contributed by atoms with Crippen LogP contribution in [0.3, 0.4) is 0 Å². The van der Waals surface area contributed by atoms with E-state index in [9.17, 15) is 26.7 Å². The number of carbonyl (C=O) groups excluding carboxylic acids is 1. The number of aliphatic imine (C=N–C) groups is 1. The fourth-order valence-electron chi connectivity index (χ4n) is 3.84. The molecule has 1 aliphatic heterocycles. The van der Waals surface area contributed by atoms with Crippen LogP contribution in [-0.2, 0) is 6.18 Å². The van der Waals surface area contributed by atoms with E-state index in [1.807, 2.05) is 6.07 Å². The zero-order chi connectivity index (χ0) is 24.9. The number of benzene rings is 3. The van der Waals surface area contributed by atoms with Crippen LogP contribution in [0.25, 0.3) is 22.4 Å². The van der Waals surface area contributed by atoms with Gasteiger partial charge in [-0.1, -0.05) is 24.3 Å². The molecule has 0 atom stereocenters. The summed E-state index contributed by atoms with van der Waals surface area (Å²) in [5, 5.41) is 13.3. The molecule has 35 heavy (non-hydrogen) atoms. The van der Waals surface area contributed by atoms with Gasteiger partial charge in [-0.3, -0.25) is 0 Å². The highest BCUT2D eigenvalue weighted by Gasteiger charge is 2.35. The second-order valence-corrected chi connectivity index (χ2v) is 7.62. The SMILES string of the molecule is N#Cc1ccc(C2=NC(=O)n3nc(-c4ccc(C(F)(F)F)cc4)c(-c4ccc(F)cc4F)c32)cc1.